The standard InChI is InChI=1S/C17H25N3O3/c1-13-10-17(18-11-16(13)20(21)22)19-8-6-15(7-9-19)23-12-14-4-2-3-5-14/h10-11,14-15H,2-9,12H2,1H3. The maximum Gasteiger partial charge on any atom is 0.290 e. The summed E-state index contributed by atoms with van der Waals surface area (Å²) in [4.78, 5) is 17.0. The number of piperidine rings is 1. The predicted molar refractivity (Wildman–Crippen MR) is 88.8 cm³/mol. The van der Waals surface area contributed by atoms with E-state index in [1.807, 2.05) is 6.07 Å². The minimum Gasteiger partial charge on any atom is -0.378 e. The predicted octanol–water partition coefficient (Wildman–Crippen LogP) is 3.47. The molecule has 0 radical (unpaired) electrons. The van der Waals surface area contributed by atoms with Gasteiger partial charge >= 0.3 is 0 Å². The van der Waals surface area contributed by atoms with Crippen molar-refractivity contribution in [2.24, 2.45) is 5.92 Å². The van der Waals surface area contributed by atoms with Gasteiger partial charge in [-0.05, 0) is 44.6 Å². The number of nitrogens with zero attached hydrogens (tertiary/aromatic N) is 3. The van der Waals surface area contributed by atoms with Crippen molar-refractivity contribution in [3.05, 3.63) is 27.9 Å². The molecule has 0 unspecified atom stereocenters. The molecule has 0 amide bonds. The molecule has 2 fully saturated rings. The van der Waals surface area contributed by atoms with Crippen molar-refractivity contribution in [3.8, 4) is 0 Å². The summed E-state index contributed by atoms with van der Waals surface area (Å²) in [7, 11) is 0. The normalized spacial score (nSPS) is 20.1. The highest BCUT2D eigenvalue weighted by Gasteiger charge is 2.24. The Kier molecular flexibility index (Phi) is 5.10. The van der Waals surface area contributed by atoms with E-state index in [0.29, 0.717) is 11.7 Å². The highest BCUT2D eigenvalue weighted by atomic mass is 16.6. The summed E-state index contributed by atoms with van der Waals surface area (Å²) in [6.45, 7) is 4.49. The number of rotatable bonds is 5. The molecule has 0 atom stereocenters. The summed E-state index contributed by atoms with van der Waals surface area (Å²) in [6.07, 6.45) is 9.10. The molecule has 2 aliphatic rings. The fourth-order valence-corrected chi connectivity index (χ4v) is 3.60. The van der Waals surface area contributed by atoms with Crippen molar-refractivity contribution in [2.75, 3.05) is 24.6 Å². The van der Waals surface area contributed by atoms with E-state index < -0.39 is 0 Å². The van der Waals surface area contributed by atoms with Crippen LogP contribution in [-0.4, -0.2) is 35.7 Å². The minimum atomic E-state index is -0.380. The third-order valence-electron chi connectivity index (χ3n) is 5.07. The van der Waals surface area contributed by atoms with Crippen molar-refractivity contribution in [1.82, 2.24) is 4.98 Å². The lowest BCUT2D eigenvalue weighted by Gasteiger charge is -2.33. The molecular weight excluding hydrogens is 294 g/mol. The molecular formula is C17H25N3O3. The number of pyridine rings is 1. The van der Waals surface area contributed by atoms with Crippen LogP contribution in [0.3, 0.4) is 0 Å². The number of ether oxygens (including phenoxy) is 1. The summed E-state index contributed by atoms with van der Waals surface area (Å²) < 4.78 is 6.09. The lowest BCUT2D eigenvalue weighted by Crippen LogP contribution is -2.38. The summed E-state index contributed by atoms with van der Waals surface area (Å²) in [5.74, 6) is 1.61. The average Bonchev–Trinajstić information content (AvgIpc) is 3.06. The van der Waals surface area contributed by atoms with Crippen LogP contribution < -0.4 is 4.90 Å². The van der Waals surface area contributed by atoms with Gasteiger partial charge in [-0.3, -0.25) is 10.1 Å². The Bertz CT molecular complexity index is 550. The van der Waals surface area contributed by atoms with Crippen LogP contribution in [0, 0.1) is 23.0 Å². The fraction of sp³-hybridized carbons (Fsp3) is 0.706. The van der Waals surface area contributed by atoms with E-state index in [4.69, 9.17) is 4.74 Å². The molecule has 1 aliphatic heterocycles. The van der Waals surface area contributed by atoms with Gasteiger partial charge in [-0.1, -0.05) is 12.8 Å². The monoisotopic (exact) mass is 319 g/mol. The van der Waals surface area contributed by atoms with Crippen LogP contribution in [0.2, 0.25) is 0 Å². The van der Waals surface area contributed by atoms with Gasteiger partial charge in [-0.15, -0.1) is 0 Å². The zero-order chi connectivity index (χ0) is 16.2. The second-order valence-corrected chi connectivity index (χ2v) is 6.76. The third-order valence-corrected chi connectivity index (χ3v) is 5.07. The van der Waals surface area contributed by atoms with Crippen LogP contribution in [0.4, 0.5) is 11.5 Å². The van der Waals surface area contributed by atoms with Crippen molar-refractivity contribution in [3.63, 3.8) is 0 Å². The van der Waals surface area contributed by atoms with Gasteiger partial charge in [-0.2, -0.15) is 0 Å². The Morgan fingerprint density at radius 1 is 1.30 bits per heavy atom. The van der Waals surface area contributed by atoms with Gasteiger partial charge in [0.15, 0.2) is 0 Å². The number of aryl methyl sites for hydroxylation is 1. The van der Waals surface area contributed by atoms with Crippen molar-refractivity contribution in [1.29, 1.82) is 0 Å². The van der Waals surface area contributed by atoms with Crippen molar-refractivity contribution < 1.29 is 9.66 Å². The summed E-state index contributed by atoms with van der Waals surface area (Å²) in [5, 5.41) is 10.9. The summed E-state index contributed by atoms with van der Waals surface area (Å²) >= 11 is 0. The van der Waals surface area contributed by atoms with Gasteiger partial charge < -0.3 is 9.64 Å². The van der Waals surface area contributed by atoms with E-state index in [9.17, 15) is 10.1 Å². The van der Waals surface area contributed by atoms with Gasteiger partial charge in [0, 0.05) is 25.3 Å². The van der Waals surface area contributed by atoms with Crippen LogP contribution in [0.1, 0.15) is 44.1 Å². The number of nitro groups is 1. The molecule has 0 aromatic carbocycles. The molecule has 6 nitrogen and oxygen atoms in total. The van der Waals surface area contributed by atoms with Gasteiger partial charge in [0.1, 0.15) is 12.0 Å². The highest BCUT2D eigenvalue weighted by Crippen LogP contribution is 2.27. The molecule has 1 aromatic rings. The van der Waals surface area contributed by atoms with Crippen molar-refractivity contribution >= 4 is 11.5 Å². The van der Waals surface area contributed by atoms with Crippen molar-refractivity contribution in [2.45, 2.75) is 51.6 Å². The molecule has 0 N–H and O–H groups in total. The van der Waals surface area contributed by atoms with Crippen LogP contribution in [0.15, 0.2) is 12.3 Å². The molecule has 1 saturated carbocycles. The molecule has 1 saturated heterocycles. The van der Waals surface area contributed by atoms with Gasteiger partial charge in [0.05, 0.1) is 11.0 Å². The van der Waals surface area contributed by atoms with Crippen LogP contribution in [-0.2, 0) is 4.74 Å². The molecule has 2 heterocycles. The maximum absolute atomic E-state index is 10.9. The molecule has 1 aromatic heterocycles. The quantitative estimate of drug-likeness (QED) is 0.614. The molecule has 0 spiro atoms. The zero-order valence-corrected chi connectivity index (χ0v) is 13.7. The topological polar surface area (TPSA) is 68.5 Å². The molecule has 6 heteroatoms. The van der Waals surface area contributed by atoms with Crippen LogP contribution in [0.5, 0.6) is 0 Å². The van der Waals surface area contributed by atoms with E-state index in [2.05, 4.69) is 9.88 Å². The lowest BCUT2D eigenvalue weighted by molar-refractivity contribution is -0.385. The summed E-state index contributed by atoms with van der Waals surface area (Å²) in [5.41, 5.74) is 0.753. The second-order valence-electron chi connectivity index (χ2n) is 6.76. The maximum atomic E-state index is 10.9. The molecule has 23 heavy (non-hydrogen) atoms. The van der Waals surface area contributed by atoms with E-state index in [-0.39, 0.29) is 10.6 Å². The molecule has 3 rings (SSSR count). The first-order valence-electron chi connectivity index (χ1n) is 8.61. The van der Waals surface area contributed by atoms with E-state index >= 15 is 0 Å². The Hall–Kier alpha value is -1.69. The SMILES string of the molecule is Cc1cc(N2CCC(OCC3CCCC3)CC2)ncc1[N+](=O)[O-]. The Morgan fingerprint density at radius 3 is 2.61 bits per heavy atom. The smallest absolute Gasteiger partial charge is 0.290 e. The van der Waals surface area contributed by atoms with E-state index in [1.54, 1.807) is 6.92 Å². The van der Waals surface area contributed by atoms with Gasteiger partial charge in [-0.25, -0.2) is 4.98 Å². The number of anilines is 1. The zero-order valence-electron chi connectivity index (χ0n) is 13.7. The van der Waals surface area contributed by atoms with Gasteiger partial charge in [0.2, 0.25) is 0 Å². The first-order chi connectivity index (χ1) is 11.1. The first-order valence-corrected chi connectivity index (χ1v) is 8.61. The average molecular weight is 319 g/mol. The number of hydrogen-bond donors (Lipinski definition) is 0. The third kappa shape index (κ3) is 3.99. The van der Waals surface area contributed by atoms with Crippen LogP contribution >= 0.6 is 0 Å². The Labute approximate surface area is 137 Å². The van der Waals surface area contributed by atoms with E-state index in [0.717, 1.165) is 44.3 Å². The fourth-order valence-electron chi connectivity index (χ4n) is 3.60. The number of aromatic nitrogens is 1. The van der Waals surface area contributed by atoms with E-state index in [1.165, 1.54) is 31.9 Å². The Balaban J connectivity index is 1.50. The molecule has 0 bridgehead atoms. The number of hydrogen-bond acceptors (Lipinski definition) is 5. The minimum absolute atomic E-state index is 0.0866. The first kappa shape index (κ1) is 16.2. The second kappa shape index (κ2) is 7.25. The largest absolute Gasteiger partial charge is 0.378 e. The Morgan fingerprint density at radius 2 is 2.00 bits per heavy atom. The lowest BCUT2D eigenvalue weighted by atomic mass is 10.1. The van der Waals surface area contributed by atoms with Gasteiger partial charge in [0.25, 0.3) is 5.69 Å². The summed E-state index contributed by atoms with van der Waals surface area (Å²) in [6, 6.07) is 1.82. The molecule has 126 valence electrons. The molecule has 1 aliphatic carbocycles. The highest BCUT2D eigenvalue weighted by molar-refractivity contribution is 5.48. The van der Waals surface area contributed by atoms with Crippen LogP contribution in [0.25, 0.3) is 0 Å².